The van der Waals surface area contributed by atoms with Crippen molar-refractivity contribution in [2.75, 3.05) is 46.4 Å². The summed E-state index contributed by atoms with van der Waals surface area (Å²) in [5.74, 6) is 1.56. The van der Waals surface area contributed by atoms with Gasteiger partial charge in [-0.25, -0.2) is 0 Å². The topological polar surface area (TPSA) is 24.5 Å². The summed E-state index contributed by atoms with van der Waals surface area (Å²) in [6.45, 7) is 11.6. The van der Waals surface area contributed by atoms with Crippen LogP contribution in [0.15, 0.2) is 0 Å². The van der Waals surface area contributed by atoms with Gasteiger partial charge in [0.1, 0.15) is 0 Å². The van der Waals surface area contributed by atoms with Crippen LogP contribution in [0.3, 0.4) is 0 Å². The van der Waals surface area contributed by atoms with Gasteiger partial charge in [-0.15, -0.1) is 0 Å². The molecule has 1 aliphatic heterocycles. The number of nitrogens with one attached hydrogen (secondary N) is 1. The van der Waals surface area contributed by atoms with Gasteiger partial charge in [-0.1, -0.05) is 13.8 Å². The smallest absolute Gasteiger partial charge is 0.0491 e. The number of hydrogen-bond donors (Lipinski definition) is 1. The van der Waals surface area contributed by atoms with Gasteiger partial charge in [-0.05, 0) is 57.3 Å². The summed E-state index contributed by atoms with van der Waals surface area (Å²) >= 11 is 0. The lowest BCUT2D eigenvalue weighted by Crippen LogP contribution is -2.39. The van der Waals surface area contributed by atoms with Gasteiger partial charge in [0.25, 0.3) is 0 Å². The highest BCUT2D eigenvalue weighted by Gasteiger charge is 2.19. The molecule has 1 heterocycles. The summed E-state index contributed by atoms with van der Waals surface area (Å²) in [5.41, 5.74) is 0. The molecule has 1 saturated heterocycles. The Balaban J connectivity index is 2.08. The Kier molecular flexibility index (Phi) is 7.82. The maximum atomic E-state index is 5.23. The number of methoxy groups -OCH3 is 1. The summed E-state index contributed by atoms with van der Waals surface area (Å²) in [4.78, 5) is 2.62. The molecule has 0 aromatic rings. The molecule has 0 radical (unpaired) electrons. The van der Waals surface area contributed by atoms with Gasteiger partial charge in [0.05, 0.1) is 0 Å². The first-order chi connectivity index (χ1) is 8.26. The minimum atomic E-state index is 0.764. The molecule has 0 aliphatic carbocycles. The predicted octanol–water partition coefficient (Wildman–Crippen LogP) is 1.98. The Bertz CT molecular complexity index is 179. The zero-order chi connectivity index (χ0) is 12.5. The molecular formula is C14H30N2O. The van der Waals surface area contributed by atoms with E-state index in [2.05, 4.69) is 24.1 Å². The third kappa shape index (κ3) is 6.39. The van der Waals surface area contributed by atoms with E-state index in [1.165, 1.54) is 38.9 Å². The fraction of sp³-hybridized carbons (Fsp3) is 1.00. The fourth-order valence-electron chi connectivity index (χ4n) is 2.60. The van der Waals surface area contributed by atoms with Gasteiger partial charge in [0.15, 0.2) is 0 Å². The van der Waals surface area contributed by atoms with Gasteiger partial charge >= 0.3 is 0 Å². The van der Waals surface area contributed by atoms with Crippen LogP contribution in [0.5, 0.6) is 0 Å². The number of nitrogens with zero attached hydrogens (tertiary/aromatic N) is 1. The van der Waals surface area contributed by atoms with Crippen LogP contribution in [0.2, 0.25) is 0 Å². The molecule has 1 N–H and O–H groups in total. The summed E-state index contributed by atoms with van der Waals surface area (Å²) < 4.78 is 5.23. The first kappa shape index (κ1) is 14.9. The minimum absolute atomic E-state index is 0.764. The van der Waals surface area contributed by atoms with Gasteiger partial charge in [-0.3, -0.25) is 0 Å². The van der Waals surface area contributed by atoms with Crippen LogP contribution in [-0.2, 0) is 4.74 Å². The second kappa shape index (κ2) is 8.90. The zero-order valence-electron chi connectivity index (χ0n) is 11.9. The van der Waals surface area contributed by atoms with Crippen molar-refractivity contribution in [1.82, 2.24) is 10.2 Å². The average Bonchev–Trinajstić information content (AvgIpc) is 2.32. The lowest BCUT2D eigenvalue weighted by atomic mass is 9.97. The molecule has 102 valence electrons. The van der Waals surface area contributed by atoms with E-state index in [1.54, 1.807) is 0 Å². The first-order valence-electron chi connectivity index (χ1n) is 7.18. The number of ether oxygens (including phenoxy) is 1. The standard InChI is InChI=1S/C14H30N2O/c1-4-7-15-10-13(2)11-16-8-5-14(6-9-16)12-17-3/h13-15H,4-12H2,1-3H3. The molecule has 1 fully saturated rings. The number of hydrogen-bond acceptors (Lipinski definition) is 3. The SMILES string of the molecule is CCCNCC(C)CN1CCC(COC)CC1. The van der Waals surface area contributed by atoms with Gasteiger partial charge in [0, 0.05) is 20.3 Å². The molecular weight excluding hydrogens is 212 g/mol. The van der Waals surface area contributed by atoms with E-state index in [-0.39, 0.29) is 0 Å². The molecule has 0 aromatic carbocycles. The van der Waals surface area contributed by atoms with Gasteiger partial charge < -0.3 is 15.0 Å². The van der Waals surface area contributed by atoms with Crippen molar-refractivity contribution >= 4 is 0 Å². The third-order valence-electron chi connectivity index (χ3n) is 3.60. The van der Waals surface area contributed by atoms with E-state index in [0.717, 1.165) is 31.5 Å². The van der Waals surface area contributed by atoms with Crippen LogP contribution in [0.25, 0.3) is 0 Å². The second-order valence-corrected chi connectivity index (χ2v) is 5.51. The average molecular weight is 242 g/mol. The molecule has 0 aromatic heterocycles. The largest absolute Gasteiger partial charge is 0.384 e. The number of piperidine rings is 1. The van der Waals surface area contributed by atoms with Crippen LogP contribution in [0, 0.1) is 11.8 Å². The predicted molar refractivity (Wildman–Crippen MR) is 73.4 cm³/mol. The van der Waals surface area contributed by atoms with Gasteiger partial charge in [0.2, 0.25) is 0 Å². The van der Waals surface area contributed by atoms with Crippen molar-refractivity contribution < 1.29 is 4.74 Å². The second-order valence-electron chi connectivity index (χ2n) is 5.51. The maximum Gasteiger partial charge on any atom is 0.0491 e. The van der Waals surface area contributed by atoms with Crippen molar-refractivity contribution in [3.05, 3.63) is 0 Å². The Hall–Kier alpha value is -0.120. The first-order valence-corrected chi connectivity index (χ1v) is 7.18. The van der Waals surface area contributed by atoms with E-state index < -0.39 is 0 Å². The zero-order valence-corrected chi connectivity index (χ0v) is 11.9. The molecule has 1 aliphatic rings. The number of likely N-dealkylation sites (tertiary alicyclic amines) is 1. The Morgan fingerprint density at radius 3 is 2.65 bits per heavy atom. The molecule has 0 amide bonds. The van der Waals surface area contributed by atoms with E-state index >= 15 is 0 Å². The van der Waals surface area contributed by atoms with Crippen molar-refractivity contribution in [3.63, 3.8) is 0 Å². The third-order valence-corrected chi connectivity index (χ3v) is 3.60. The summed E-state index contributed by atoms with van der Waals surface area (Å²) in [6, 6.07) is 0. The Morgan fingerprint density at radius 1 is 1.35 bits per heavy atom. The van der Waals surface area contributed by atoms with Crippen molar-refractivity contribution in [2.45, 2.75) is 33.1 Å². The van der Waals surface area contributed by atoms with E-state index in [0.29, 0.717) is 0 Å². The highest BCUT2D eigenvalue weighted by atomic mass is 16.5. The lowest BCUT2D eigenvalue weighted by Gasteiger charge is -2.33. The fourth-order valence-corrected chi connectivity index (χ4v) is 2.60. The highest BCUT2D eigenvalue weighted by molar-refractivity contribution is 4.74. The van der Waals surface area contributed by atoms with Crippen molar-refractivity contribution in [2.24, 2.45) is 11.8 Å². The molecule has 0 bridgehead atoms. The van der Waals surface area contributed by atoms with Gasteiger partial charge in [-0.2, -0.15) is 0 Å². The molecule has 17 heavy (non-hydrogen) atoms. The molecule has 3 heteroatoms. The molecule has 1 unspecified atom stereocenters. The Morgan fingerprint density at radius 2 is 2.06 bits per heavy atom. The van der Waals surface area contributed by atoms with Crippen LogP contribution < -0.4 is 5.32 Å². The lowest BCUT2D eigenvalue weighted by molar-refractivity contribution is 0.0936. The molecule has 3 nitrogen and oxygen atoms in total. The molecule has 1 atom stereocenters. The maximum absolute atomic E-state index is 5.23. The van der Waals surface area contributed by atoms with Crippen LogP contribution in [0.1, 0.15) is 33.1 Å². The van der Waals surface area contributed by atoms with Crippen molar-refractivity contribution in [1.29, 1.82) is 0 Å². The minimum Gasteiger partial charge on any atom is -0.384 e. The quantitative estimate of drug-likeness (QED) is 0.659. The Labute approximate surface area is 107 Å². The van der Waals surface area contributed by atoms with E-state index in [9.17, 15) is 0 Å². The number of rotatable bonds is 8. The van der Waals surface area contributed by atoms with E-state index in [4.69, 9.17) is 4.74 Å². The van der Waals surface area contributed by atoms with Crippen molar-refractivity contribution in [3.8, 4) is 0 Å². The normalized spacial score (nSPS) is 20.6. The summed E-state index contributed by atoms with van der Waals surface area (Å²) in [5, 5.41) is 3.51. The van der Waals surface area contributed by atoms with Crippen LogP contribution >= 0.6 is 0 Å². The monoisotopic (exact) mass is 242 g/mol. The molecule has 0 saturated carbocycles. The highest BCUT2D eigenvalue weighted by Crippen LogP contribution is 2.17. The molecule has 1 rings (SSSR count). The van der Waals surface area contributed by atoms with Crippen LogP contribution in [-0.4, -0.2) is 51.3 Å². The summed E-state index contributed by atoms with van der Waals surface area (Å²) in [7, 11) is 1.81. The summed E-state index contributed by atoms with van der Waals surface area (Å²) in [6.07, 6.45) is 3.85. The van der Waals surface area contributed by atoms with Crippen LogP contribution in [0.4, 0.5) is 0 Å². The molecule has 0 spiro atoms. The van der Waals surface area contributed by atoms with E-state index in [1.807, 2.05) is 7.11 Å².